The molecule has 3 aromatic carbocycles. The van der Waals surface area contributed by atoms with Crippen LogP contribution in [0.1, 0.15) is 22.7 Å². The van der Waals surface area contributed by atoms with Crippen LogP contribution in [-0.2, 0) is 13.0 Å². The maximum atomic E-state index is 2.67. The fraction of sp³-hybridized carbons (Fsp3) is 0.280. The first-order chi connectivity index (χ1) is 13.4. The normalized spacial score (nSPS) is 16.9. The summed E-state index contributed by atoms with van der Waals surface area (Å²) in [6, 6.07) is 33.2. The Kier molecular flexibility index (Phi) is 5.98. The van der Waals surface area contributed by atoms with E-state index in [1.165, 1.54) is 16.7 Å². The number of benzene rings is 3. The Morgan fingerprint density at radius 3 is 1.70 bits per heavy atom. The monoisotopic (exact) mass is 356 g/mol. The molecule has 0 bridgehead atoms. The fourth-order valence-corrected chi connectivity index (χ4v) is 4.05. The number of rotatable bonds is 6. The summed E-state index contributed by atoms with van der Waals surface area (Å²) in [5, 5.41) is 0. The van der Waals surface area contributed by atoms with E-state index in [2.05, 4.69) is 101 Å². The van der Waals surface area contributed by atoms with Crippen LogP contribution in [0.25, 0.3) is 0 Å². The molecule has 0 radical (unpaired) electrons. The Morgan fingerprint density at radius 1 is 0.593 bits per heavy atom. The Balaban J connectivity index is 1.43. The zero-order valence-electron chi connectivity index (χ0n) is 15.9. The third kappa shape index (κ3) is 4.85. The van der Waals surface area contributed by atoms with Crippen LogP contribution < -0.4 is 0 Å². The summed E-state index contributed by atoms with van der Waals surface area (Å²) in [5.74, 6) is 0. The molecule has 2 nitrogen and oxygen atoms in total. The minimum Gasteiger partial charge on any atom is -0.297 e. The van der Waals surface area contributed by atoms with Crippen molar-refractivity contribution in [3.63, 3.8) is 0 Å². The molecule has 0 amide bonds. The number of piperazine rings is 1. The first kappa shape index (κ1) is 18.0. The van der Waals surface area contributed by atoms with Crippen LogP contribution in [-0.4, -0.2) is 36.0 Å². The van der Waals surface area contributed by atoms with E-state index < -0.39 is 0 Å². The Morgan fingerprint density at radius 2 is 1.11 bits per heavy atom. The van der Waals surface area contributed by atoms with Crippen LogP contribution in [0.3, 0.4) is 0 Å². The van der Waals surface area contributed by atoms with Gasteiger partial charge in [-0.05, 0) is 23.1 Å². The second kappa shape index (κ2) is 8.98. The van der Waals surface area contributed by atoms with Crippen LogP contribution in [0.5, 0.6) is 0 Å². The van der Waals surface area contributed by atoms with E-state index in [0.29, 0.717) is 6.04 Å². The van der Waals surface area contributed by atoms with Gasteiger partial charge in [0.05, 0.1) is 0 Å². The first-order valence-electron chi connectivity index (χ1n) is 9.98. The molecule has 0 aromatic heterocycles. The lowest BCUT2D eigenvalue weighted by Gasteiger charge is -2.39. The van der Waals surface area contributed by atoms with E-state index >= 15 is 0 Å². The predicted octanol–water partition coefficient (Wildman–Crippen LogP) is 4.79. The lowest BCUT2D eigenvalue weighted by molar-refractivity contribution is 0.0912. The van der Waals surface area contributed by atoms with Gasteiger partial charge < -0.3 is 0 Å². The van der Waals surface area contributed by atoms with Crippen molar-refractivity contribution in [2.45, 2.75) is 19.0 Å². The Labute approximate surface area is 163 Å². The van der Waals surface area contributed by atoms with Gasteiger partial charge in [0, 0.05) is 38.8 Å². The summed E-state index contributed by atoms with van der Waals surface area (Å²) in [6.45, 7) is 5.57. The number of hydrogen-bond donors (Lipinski definition) is 0. The Hall–Kier alpha value is -2.42. The predicted molar refractivity (Wildman–Crippen MR) is 113 cm³/mol. The van der Waals surface area contributed by atoms with Crippen LogP contribution >= 0.6 is 0 Å². The highest BCUT2D eigenvalue weighted by Crippen LogP contribution is 2.26. The third-order valence-electron chi connectivity index (χ3n) is 5.55. The van der Waals surface area contributed by atoms with Crippen molar-refractivity contribution in [1.82, 2.24) is 9.80 Å². The van der Waals surface area contributed by atoms with Gasteiger partial charge in [0.25, 0.3) is 0 Å². The summed E-state index contributed by atoms with van der Waals surface area (Å²) < 4.78 is 0. The molecule has 0 aliphatic carbocycles. The second-order valence-electron chi connectivity index (χ2n) is 7.41. The summed E-state index contributed by atoms with van der Waals surface area (Å²) in [6.07, 6.45) is 1.07. The molecule has 0 spiro atoms. The molecule has 1 heterocycles. The van der Waals surface area contributed by atoms with E-state index in [-0.39, 0.29) is 0 Å². The van der Waals surface area contributed by atoms with Gasteiger partial charge in [-0.1, -0.05) is 91.0 Å². The minimum atomic E-state index is 0.451. The van der Waals surface area contributed by atoms with Crippen molar-refractivity contribution in [2.75, 3.05) is 26.2 Å². The zero-order valence-corrected chi connectivity index (χ0v) is 15.9. The van der Waals surface area contributed by atoms with E-state index in [0.717, 1.165) is 39.1 Å². The van der Waals surface area contributed by atoms with E-state index in [1.54, 1.807) is 0 Å². The smallest absolute Gasteiger partial charge is 0.0389 e. The molecule has 2 heteroatoms. The molecular weight excluding hydrogens is 328 g/mol. The quantitative estimate of drug-likeness (QED) is 0.627. The highest BCUT2D eigenvalue weighted by atomic mass is 15.3. The minimum absolute atomic E-state index is 0.451. The summed E-state index contributed by atoms with van der Waals surface area (Å²) in [7, 11) is 0. The van der Waals surface area contributed by atoms with Gasteiger partial charge in [-0.2, -0.15) is 0 Å². The second-order valence-corrected chi connectivity index (χ2v) is 7.41. The molecule has 0 unspecified atom stereocenters. The van der Waals surface area contributed by atoms with E-state index in [4.69, 9.17) is 0 Å². The summed E-state index contributed by atoms with van der Waals surface area (Å²) in [4.78, 5) is 5.25. The van der Waals surface area contributed by atoms with Crippen molar-refractivity contribution in [2.24, 2.45) is 0 Å². The van der Waals surface area contributed by atoms with Gasteiger partial charge in [0.1, 0.15) is 0 Å². The molecule has 27 heavy (non-hydrogen) atoms. The van der Waals surface area contributed by atoms with Crippen LogP contribution in [0.4, 0.5) is 0 Å². The third-order valence-corrected chi connectivity index (χ3v) is 5.55. The van der Waals surface area contributed by atoms with Gasteiger partial charge in [-0.3, -0.25) is 9.80 Å². The highest BCUT2D eigenvalue weighted by Gasteiger charge is 2.25. The summed E-state index contributed by atoms with van der Waals surface area (Å²) in [5.41, 5.74) is 4.26. The van der Waals surface area contributed by atoms with Crippen LogP contribution in [0, 0.1) is 0 Å². The van der Waals surface area contributed by atoms with Crippen LogP contribution in [0.15, 0.2) is 91.0 Å². The Bertz CT molecular complexity index is 794. The lowest BCUT2D eigenvalue weighted by atomic mass is 9.96. The lowest BCUT2D eigenvalue weighted by Crippen LogP contribution is -2.47. The van der Waals surface area contributed by atoms with Crippen molar-refractivity contribution >= 4 is 0 Å². The average Bonchev–Trinajstić information content (AvgIpc) is 2.75. The van der Waals surface area contributed by atoms with E-state index in [1.807, 2.05) is 0 Å². The number of nitrogens with zero attached hydrogens (tertiary/aromatic N) is 2. The molecule has 1 atom stereocenters. The number of hydrogen-bond acceptors (Lipinski definition) is 2. The average molecular weight is 357 g/mol. The van der Waals surface area contributed by atoms with Crippen molar-refractivity contribution in [3.8, 4) is 0 Å². The molecule has 1 aliphatic rings. The van der Waals surface area contributed by atoms with Gasteiger partial charge >= 0.3 is 0 Å². The molecule has 1 saturated heterocycles. The van der Waals surface area contributed by atoms with Gasteiger partial charge in [-0.25, -0.2) is 0 Å². The molecule has 0 saturated carbocycles. The van der Waals surface area contributed by atoms with E-state index in [9.17, 15) is 0 Å². The maximum Gasteiger partial charge on any atom is 0.0389 e. The fourth-order valence-electron chi connectivity index (χ4n) is 4.05. The summed E-state index contributed by atoms with van der Waals surface area (Å²) >= 11 is 0. The van der Waals surface area contributed by atoms with Gasteiger partial charge in [0.15, 0.2) is 0 Å². The topological polar surface area (TPSA) is 6.48 Å². The molecule has 138 valence electrons. The maximum absolute atomic E-state index is 2.67. The molecule has 3 aromatic rings. The molecule has 0 N–H and O–H groups in total. The standard InChI is InChI=1S/C25H28N2/c1-4-10-22(11-5-1)20-25(24-14-8-3-9-15-24)27-18-16-26(17-19-27)21-23-12-6-2-7-13-23/h1-15,25H,16-21H2/t25-/m1/s1. The van der Waals surface area contributed by atoms with Crippen LogP contribution in [0.2, 0.25) is 0 Å². The van der Waals surface area contributed by atoms with Gasteiger partial charge in [-0.15, -0.1) is 0 Å². The van der Waals surface area contributed by atoms with Crippen molar-refractivity contribution < 1.29 is 0 Å². The highest BCUT2D eigenvalue weighted by molar-refractivity contribution is 5.24. The van der Waals surface area contributed by atoms with Gasteiger partial charge in [0.2, 0.25) is 0 Å². The first-order valence-corrected chi connectivity index (χ1v) is 9.98. The zero-order chi connectivity index (χ0) is 18.3. The molecule has 1 aliphatic heterocycles. The molecule has 4 rings (SSSR count). The molecular formula is C25H28N2. The molecule has 1 fully saturated rings. The SMILES string of the molecule is c1ccc(C[C@H](c2ccccc2)N2CCN(Cc3ccccc3)CC2)cc1. The largest absolute Gasteiger partial charge is 0.297 e. The van der Waals surface area contributed by atoms with Crippen molar-refractivity contribution in [3.05, 3.63) is 108 Å². The van der Waals surface area contributed by atoms with Crippen molar-refractivity contribution in [1.29, 1.82) is 0 Å².